The Labute approximate surface area is 181 Å². The Hall–Kier alpha value is -2.35. The van der Waals surface area contributed by atoms with Crippen molar-refractivity contribution in [2.45, 2.75) is 18.5 Å². The minimum atomic E-state index is -3.25. The Morgan fingerprint density at radius 2 is 1.70 bits per heavy atom. The Kier molecular flexibility index (Phi) is 4.47. The van der Waals surface area contributed by atoms with Crippen molar-refractivity contribution in [2.75, 3.05) is 11.5 Å². The van der Waals surface area contributed by atoms with Crippen LogP contribution >= 0.6 is 23.2 Å². The molecule has 0 spiro atoms. The van der Waals surface area contributed by atoms with Gasteiger partial charge in [0, 0.05) is 16.1 Å². The lowest BCUT2D eigenvalue weighted by Crippen LogP contribution is -2.40. The first-order valence-corrected chi connectivity index (χ1v) is 11.9. The molecule has 30 heavy (non-hydrogen) atoms. The number of rotatable bonds is 2. The summed E-state index contributed by atoms with van der Waals surface area (Å²) < 4.78 is 30.1. The molecule has 9 heteroatoms. The van der Waals surface area contributed by atoms with Gasteiger partial charge >= 0.3 is 0 Å². The number of fused-ring (bicyclic) bond motifs is 2. The summed E-state index contributed by atoms with van der Waals surface area (Å²) in [6, 6.07) is 10.1. The van der Waals surface area contributed by atoms with Crippen LogP contribution in [0, 0.1) is 0 Å². The molecule has 1 amide bonds. The maximum Gasteiger partial charge on any atom is 0.291 e. The number of halogens is 2. The van der Waals surface area contributed by atoms with Crippen LogP contribution in [0.25, 0.3) is 11.0 Å². The maximum atomic E-state index is 13.4. The largest absolute Gasteiger partial charge is 0.450 e. The van der Waals surface area contributed by atoms with Gasteiger partial charge in [0.1, 0.15) is 5.58 Å². The van der Waals surface area contributed by atoms with Gasteiger partial charge in [0.15, 0.2) is 15.3 Å². The van der Waals surface area contributed by atoms with Crippen molar-refractivity contribution in [1.29, 1.82) is 0 Å². The fraction of sp³-hybridized carbons (Fsp3) is 0.238. The van der Waals surface area contributed by atoms with Crippen molar-refractivity contribution >= 4 is 49.9 Å². The quantitative estimate of drug-likeness (QED) is 0.576. The molecule has 2 aliphatic rings. The third-order valence-corrected chi connectivity index (χ3v) is 7.89. The molecule has 1 fully saturated rings. The summed E-state index contributed by atoms with van der Waals surface area (Å²) in [4.78, 5) is 28.2. The molecule has 6 nitrogen and oxygen atoms in total. The predicted octanol–water partition coefficient (Wildman–Crippen LogP) is 3.83. The van der Waals surface area contributed by atoms with Crippen molar-refractivity contribution in [3.8, 4) is 0 Å². The van der Waals surface area contributed by atoms with E-state index in [1.807, 2.05) is 0 Å². The summed E-state index contributed by atoms with van der Waals surface area (Å²) in [6.45, 7) is 0. The standard InChI is InChI=1S/C21H15Cl2NO5S/c22-12-3-1-11(2-4-12)18-17-19(25)15-9-13(23)5-6-16(15)29-20(17)21(26)24(18)14-7-8-30(27,28)10-14/h1-6,9,14,18H,7-8,10H2. The van der Waals surface area contributed by atoms with Gasteiger partial charge in [-0.25, -0.2) is 8.42 Å². The van der Waals surface area contributed by atoms with E-state index in [0.717, 1.165) is 0 Å². The van der Waals surface area contributed by atoms with Gasteiger partial charge in [-0.15, -0.1) is 0 Å². The highest BCUT2D eigenvalue weighted by Crippen LogP contribution is 2.41. The third kappa shape index (κ3) is 3.04. The number of amides is 1. The molecule has 2 unspecified atom stereocenters. The van der Waals surface area contributed by atoms with E-state index >= 15 is 0 Å². The van der Waals surface area contributed by atoms with E-state index in [4.69, 9.17) is 27.6 Å². The Morgan fingerprint density at radius 1 is 1.00 bits per heavy atom. The first kappa shape index (κ1) is 19.6. The zero-order chi connectivity index (χ0) is 21.2. The van der Waals surface area contributed by atoms with Crippen molar-refractivity contribution in [2.24, 2.45) is 0 Å². The molecular formula is C21H15Cl2NO5S. The molecule has 154 valence electrons. The van der Waals surface area contributed by atoms with Crippen LogP contribution in [0.1, 0.15) is 34.1 Å². The number of nitrogens with zero attached hydrogens (tertiary/aromatic N) is 1. The molecule has 1 saturated heterocycles. The summed E-state index contributed by atoms with van der Waals surface area (Å²) in [5.41, 5.74) is 0.753. The fourth-order valence-corrected chi connectivity index (χ4v) is 6.32. The molecule has 3 aromatic rings. The summed E-state index contributed by atoms with van der Waals surface area (Å²) in [6.07, 6.45) is 0.311. The van der Waals surface area contributed by atoms with Crippen molar-refractivity contribution < 1.29 is 17.6 Å². The number of sulfone groups is 1. The molecule has 0 saturated carbocycles. The zero-order valence-electron chi connectivity index (χ0n) is 15.5. The molecule has 0 bridgehead atoms. The monoisotopic (exact) mass is 463 g/mol. The second-order valence-corrected chi connectivity index (χ2v) is 10.6. The van der Waals surface area contributed by atoms with Gasteiger partial charge in [-0.3, -0.25) is 9.59 Å². The first-order chi connectivity index (χ1) is 14.2. The van der Waals surface area contributed by atoms with E-state index in [9.17, 15) is 18.0 Å². The number of carbonyl (C=O) groups is 1. The number of hydrogen-bond donors (Lipinski definition) is 0. The molecular weight excluding hydrogens is 449 g/mol. The van der Waals surface area contributed by atoms with Gasteiger partial charge in [0.25, 0.3) is 5.91 Å². The molecule has 0 radical (unpaired) electrons. The van der Waals surface area contributed by atoms with E-state index in [2.05, 4.69) is 0 Å². The van der Waals surface area contributed by atoms with Gasteiger partial charge in [-0.05, 0) is 42.3 Å². The van der Waals surface area contributed by atoms with Crippen LogP contribution in [0.3, 0.4) is 0 Å². The lowest BCUT2D eigenvalue weighted by molar-refractivity contribution is 0.0662. The Morgan fingerprint density at radius 3 is 2.37 bits per heavy atom. The minimum absolute atomic E-state index is 0.00406. The maximum absolute atomic E-state index is 13.4. The fourth-order valence-electron chi connectivity index (χ4n) is 4.31. The topological polar surface area (TPSA) is 84.7 Å². The summed E-state index contributed by atoms with van der Waals surface area (Å²) in [5.74, 6) is -0.680. The first-order valence-electron chi connectivity index (χ1n) is 9.30. The van der Waals surface area contributed by atoms with Crippen LogP contribution in [0.4, 0.5) is 0 Å². The van der Waals surface area contributed by atoms with Gasteiger partial charge in [-0.2, -0.15) is 0 Å². The van der Waals surface area contributed by atoms with Crippen LogP contribution in [-0.4, -0.2) is 36.8 Å². The van der Waals surface area contributed by atoms with E-state index in [1.165, 1.54) is 11.0 Å². The molecule has 2 aromatic carbocycles. The second kappa shape index (κ2) is 6.83. The Bertz CT molecular complexity index is 1360. The smallest absolute Gasteiger partial charge is 0.291 e. The van der Waals surface area contributed by atoms with Crippen molar-refractivity contribution in [3.63, 3.8) is 0 Å². The normalized spacial score (nSPS) is 22.6. The van der Waals surface area contributed by atoms with E-state index in [0.29, 0.717) is 22.0 Å². The third-order valence-electron chi connectivity index (χ3n) is 5.66. The number of hydrogen-bond acceptors (Lipinski definition) is 5. The van der Waals surface area contributed by atoms with E-state index in [1.54, 1.807) is 36.4 Å². The van der Waals surface area contributed by atoms with Crippen LogP contribution in [0.15, 0.2) is 51.7 Å². The second-order valence-electron chi connectivity index (χ2n) is 7.54. The molecule has 0 N–H and O–H groups in total. The van der Waals surface area contributed by atoms with Gasteiger partial charge in [0.05, 0.1) is 28.5 Å². The SMILES string of the molecule is O=C1c2oc3ccc(Cl)cc3c(=O)c2C(c2ccc(Cl)cc2)N1C1CCS(=O)(=O)C1. The van der Waals surface area contributed by atoms with Crippen molar-refractivity contribution in [3.05, 3.63) is 79.6 Å². The lowest BCUT2D eigenvalue weighted by atomic mass is 9.97. The highest BCUT2D eigenvalue weighted by molar-refractivity contribution is 7.91. The number of benzene rings is 2. The number of carbonyl (C=O) groups excluding carboxylic acids is 1. The summed E-state index contributed by atoms with van der Waals surface area (Å²) >= 11 is 12.1. The zero-order valence-corrected chi connectivity index (χ0v) is 17.8. The average Bonchev–Trinajstić information content (AvgIpc) is 3.20. The molecule has 2 atom stereocenters. The lowest BCUT2D eigenvalue weighted by Gasteiger charge is -2.30. The van der Waals surface area contributed by atoms with Crippen LogP contribution in [-0.2, 0) is 9.84 Å². The van der Waals surface area contributed by atoms with Crippen molar-refractivity contribution in [1.82, 2.24) is 4.90 Å². The highest BCUT2D eigenvalue weighted by Gasteiger charge is 2.48. The molecule has 2 aliphatic heterocycles. The van der Waals surface area contributed by atoms with Crippen LogP contribution in [0.5, 0.6) is 0 Å². The van der Waals surface area contributed by atoms with Crippen LogP contribution in [0.2, 0.25) is 10.0 Å². The van der Waals surface area contributed by atoms with E-state index in [-0.39, 0.29) is 39.2 Å². The Balaban J connectivity index is 1.77. The predicted molar refractivity (Wildman–Crippen MR) is 114 cm³/mol. The molecule has 1 aromatic heterocycles. The van der Waals surface area contributed by atoms with E-state index < -0.39 is 27.8 Å². The molecule has 5 rings (SSSR count). The van der Waals surface area contributed by atoms with Gasteiger partial charge < -0.3 is 9.32 Å². The average molecular weight is 464 g/mol. The van der Waals surface area contributed by atoms with Gasteiger partial charge in [-0.1, -0.05) is 35.3 Å². The molecule has 3 heterocycles. The summed E-state index contributed by atoms with van der Waals surface area (Å²) in [5, 5.41) is 1.16. The summed E-state index contributed by atoms with van der Waals surface area (Å²) in [7, 11) is -3.25. The van der Waals surface area contributed by atoms with Gasteiger partial charge in [0.2, 0.25) is 5.76 Å². The molecule has 0 aliphatic carbocycles. The van der Waals surface area contributed by atoms with Crippen LogP contribution < -0.4 is 5.43 Å². The highest BCUT2D eigenvalue weighted by atomic mass is 35.5. The minimum Gasteiger partial charge on any atom is -0.450 e.